The van der Waals surface area contributed by atoms with E-state index in [1.807, 2.05) is 6.92 Å². The quantitative estimate of drug-likeness (QED) is 0.467. The molecule has 23 heavy (non-hydrogen) atoms. The summed E-state index contributed by atoms with van der Waals surface area (Å²) >= 11 is 0. The monoisotopic (exact) mass is 316 g/mol. The summed E-state index contributed by atoms with van der Waals surface area (Å²) in [6.45, 7) is 16.5. The van der Waals surface area contributed by atoms with Crippen LogP contribution >= 0.6 is 0 Å². The average Bonchev–Trinajstić information content (AvgIpc) is 2.50. The number of carbonyl (C=O) groups is 2. The minimum atomic E-state index is -0.553. The second-order valence-corrected chi connectivity index (χ2v) is 7.44. The fourth-order valence-electron chi connectivity index (χ4n) is 3.03. The smallest absolute Gasteiger partial charge is 0.173 e. The first kappa shape index (κ1) is 19.6. The molecular weight excluding hydrogens is 284 g/mol. The molecule has 0 heterocycles. The SMILES string of the molecule is CCC(=O)C(C)C(=O)c1cc(C(C)C)c(C(C)C)cc1C(C)C. The molecule has 0 amide bonds. The largest absolute Gasteiger partial charge is 0.299 e. The molecule has 0 aromatic heterocycles. The van der Waals surface area contributed by atoms with Crippen molar-refractivity contribution in [1.29, 1.82) is 0 Å². The highest BCUT2D eigenvalue weighted by molar-refractivity contribution is 6.11. The molecule has 2 heteroatoms. The summed E-state index contributed by atoms with van der Waals surface area (Å²) in [6.07, 6.45) is 0.408. The maximum absolute atomic E-state index is 12.9. The van der Waals surface area contributed by atoms with Crippen LogP contribution in [0.25, 0.3) is 0 Å². The Balaban J connectivity index is 3.54. The number of hydrogen-bond donors (Lipinski definition) is 0. The third-order valence-electron chi connectivity index (χ3n) is 4.61. The molecule has 1 aromatic rings. The van der Waals surface area contributed by atoms with Crippen LogP contribution in [0.4, 0.5) is 0 Å². The van der Waals surface area contributed by atoms with Crippen molar-refractivity contribution in [3.05, 3.63) is 34.4 Å². The van der Waals surface area contributed by atoms with Crippen molar-refractivity contribution >= 4 is 11.6 Å². The molecule has 1 atom stereocenters. The number of benzene rings is 1. The van der Waals surface area contributed by atoms with Gasteiger partial charge >= 0.3 is 0 Å². The van der Waals surface area contributed by atoms with Gasteiger partial charge in [-0.15, -0.1) is 0 Å². The van der Waals surface area contributed by atoms with E-state index in [-0.39, 0.29) is 17.5 Å². The lowest BCUT2D eigenvalue weighted by Gasteiger charge is -2.23. The second kappa shape index (κ2) is 7.90. The van der Waals surface area contributed by atoms with Crippen LogP contribution in [-0.2, 0) is 4.79 Å². The van der Waals surface area contributed by atoms with Gasteiger partial charge in [0.1, 0.15) is 5.78 Å². The number of rotatable bonds is 7. The molecule has 0 saturated heterocycles. The first-order valence-electron chi connectivity index (χ1n) is 8.86. The Morgan fingerprint density at radius 3 is 1.61 bits per heavy atom. The molecule has 1 rings (SSSR count). The van der Waals surface area contributed by atoms with Crippen LogP contribution in [0.15, 0.2) is 12.1 Å². The summed E-state index contributed by atoms with van der Waals surface area (Å²) in [5, 5.41) is 0. The highest BCUT2D eigenvalue weighted by Crippen LogP contribution is 2.33. The Hall–Kier alpha value is -1.44. The Labute approximate surface area is 141 Å². The van der Waals surface area contributed by atoms with Gasteiger partial charge in [0.2, 0.25) is 0 Å². The zero-order valence-electron chi connectivity index (χ0n) is 16.0. The highest BCUT2D eigenvalue weighted by Gasteiger charge is 2.26. The molecule has 0 aliphatic rings. The Morgan fingerprint density at radius 1 is 0.783 bits per heavy atom. The summed E-state index contributed by atoms with van der Waals surface area (Å²) in [4.78, 5) is 24.9. The van der Waals surface area contributed by atoms with Gasteiger partial charge in [-0.3, -0.25) is 9.59 Å². The minimum absolute atomic E-state index is 0.0174. The summed E-state index contributed by atoms with van der Waals surface area (Å²) < 4.78 is 0. The minimum Gasteiger partial charge on any atom is -0.299 e. The molecule has 1 aromatic carbocycles. The highest BCUT2D eigenvalue weighted by atomic mass is 16.1. The number of carbonyl (C=O) groups excluding carboxylic acids is 2. The zero-order chi connectivity index (χ0) is 17.9. The van der Waals surface area contributed by atoms with Gasteiger partial charge in [-0.25, -0.2) is 0 Å². The molecule has 2 nitrogen and oxygen atoms in total. The van der Waals surface area contributed by atoms with Crippen molar-refractivity contribution < 1.29 is 9.59 Å². The van der Waals surface area contributed by atoms with E-state index in [9.17, 15) is 9.59 Å². The van der Waals surface area contributed by atoms with Gasteiger partial charge in [0, 0.05) is 12.0 Å². The van der Waals surface area contributed by atoms with Gasteiger partial charge in [-0.05, 0) is 47.4 Å². The van der Waals surface area contributed by atoms with E-state index in [4.69, 9.17) is 0 Å². The van der Waals surface area contributed by atoms with Gasteiger partial charge in [0.05, 0.1) is 5.92 Å². The van der Waals surface area contributed by atoms with Crippen molar-refractivity contribution in [2.24, 2.45) is 5.92 Å². The lowest BCUT2D eigenvalue weighted by Crippen LogP contribution is -2.22. The maximum Gasteiger partial charge on any atom is 0.173 e. The fraction of sp³-hybridized carbons (Fsp3) is 0.619. The average molecular weight is 316 g/mol. The van der Waals surface area contributed by atoms with E-state index in [0.29, 0.717) is 18.3 Å². The van der Waals surface area contributed by atoms with Crippen LogP contribution in [0.3, 0.4) is 0 Å². The van der Waals surface area contributed by atoms with Crippen LogP contribution < -0.4 is 0 Å². The summed E-state index contributed by atoms with van der Waals surface area (Å²) in [7, 11) is 0. The van der Waals surface area contributed by atoms with Gasteiger partial charge < -0.3 is 0 Å². The third-order valence-corrected chi connectivity index (χ3v) is 4.61. The molecule has 0 aliphatic carbocycles. The van der Waals surface area contributed by atoms with E-state index in [0.717, 1.165) is 11.1 Å². The zero-order valence-corrected chi connectivity index (χ0v) is 16.0. The molecular formula is C21H32O2. The van der Waals surface area contributed by atoms with Crippen molar-refractivity contribution in [3.63, 3.8) is 0 Å². The van der Waals surface area contributed by atoms with Gasteiger partial charge in [0.15, 0.2) is 5.78 Å². The predicted molar refractivity (Wildman–Crippen MR) is 97.5 cm³/mol. The Morgan fingerprint density at radius 2 is 1.22 bits per heavy atom. The lowest BCUT2D eigenvalue weighted by molar-refractivity contribution is -0.120. The Bertz CT molecular complexity index is 580. The molecule has 0 aliphatic heterocycles. The number of Topliss-reactive ketones (excluding diaryl/α,β-unsaturated/α-hetero) is 2. The van der Waals surface area contributed by atoms with Gasteiger partial charge in [0.25, 0.3) is 0 Å². The summed E-state index contributed by atoms with van der Waals surface area (Å²) in [5.74, 6) is 0.474. The summed E-state index contributed by atoms with van der Waals surface area (Å²) in [6, 6.07) is 4.25. The van der Waals surface area contributed by atoms with Crippen LogP contribution in [0.2, 0.25) is 0 Å². The first-order valence-corrected chi connectivity index (χ1v) is 8.86. The van der Waals surface area contributed by atoms with Crippen molar-refractivity contribution in [2.75, 3.05) is 0 Å². The molecule has 0 N–H and O–H groups in total. The predicted octanol–water partition coefficient (Wildman–Crippen LogP) is 5.85. The van der Waals surface area contributed by atoms with E-state index < -0.39 is 5.92 Å². The molecule has 0 bridgehead atoms. The molecule has 0 spiro atoms. The van der Waals surface area contributed by atoms with Crippen molar-refractivity contribution in [2.45, 2.75) is 79.6 Å². The Kier molecular flexibility index (Phi) is 6.73. The number of hydrogen-bond acceptors (Lipinski definition) is 2. The number of ketones is 2. The second-order valence-electron chi connectivity index (χ2n) is 7.44. The van der Waals surface area contributed by atoms with Crippen molar-refractivity contribution in [1.82, 2.24) is 0 Å². The van der Waals surface area contributed by atoms with Crippen LogP contribution in [-0.4, -0.2) is 11.6 Å². The van der Waals surface area contributed by atoms with Gasteiger partial charge in [-0.1, -0.05) is 54.5 Å². The molecule has 0 saturated carbocycles. The van der Waals surface area contributed by atoms with Crippen molar-refractivity contribution in [3.8, 4) is 0 Å². The van der Waals surface area contributed by atoms with Crippen LogP contribution in [0.5, 0.6) is 0 Å². The lowest BCUT2D eigenvalue weighted by atomic mass is 9.81. The third kappa shape index (κ3) is 4.31. The molecule has 128 valence electrons. The summed E-state index contributed by atoms with van der Waals surface area (Å²) in [5.41, 5.74) is 4.35. The van der Waals surface area contributed by atoms with E-state index in [2.05, 4.69) is 53.7 Å². The fourth-order valence-corrected chi connectivity index (χ4v) is 3.03. The first-order chi connectivity index (χ1) is 10.6. The van der Waals surface area contributed by atoms with Crippen LogP contribution in [0.1, 0.15) is 107 Å². The van der Waals surface area contributed by atoms with E-state index in [1.54, 1.807) is 6.92 Å². The maximum atomic E-state index is 12.9. The topological polar surface area (TPSA) is 34.1 Å². The molecule has 0 radical (unpaired) electrons. The standard InChI is InChI=1S/C21H32O2/c1-9-20(22)15(8)21(23)19-11-17(13(4)5)16(12(2)3)10-18(19)14(6)7/h10-15H,9H2,1-8H3. The van der Waals surface area contributed by atoms with E-state index in [1.165, 1.54) is 11.1 Å². The van der Waals surface area contributed by atoms with Gasteiger partial charge in [-0.2, -0.15) is 0 Å². The van der Waals surface area contributed by atoms with E-state index >= 15 is 0 Å². The normalized spacial score (nSPS) is 13.0. The molecule has 0 fully saturated rings. The van der Waals surface area contributed by atoms with Crippen LogP contribution in [0, 0.1) is 5.92 Å². The molecule has 1 unspecified atom stereocenters.